The van der Waals surface area contributed by atoms with Crippen LogP contribution in [0.2, 0.25) is 0 Å². The van der Waals surface area contributed by atoms with E-state index in [9.17, 15) is 14.7 Å². The van der Waals surface area contributed by atoms with Gasteiger partial charge in [-0.2, -0.15) is 0 Å². The third kappa shape index (κ3) is 5.92. The number of ether oxygens (including phenoxy) is 3. The molecule has 2 heterocycles. The molecule has 0 aromatic rings. The molecule has 6 nitrogen and oxygen atoms in total. The number of hydrogen-bond donors (Lipinski definition) is 1. The highest BCUT2D eigenvalue weighted by molar-refractivity contribution is 5.79. The van der Waals surface area contributed by atoms with Gasteiger partial charge in [0, 0.05) is 5.41 Å². The lowest BCUT2D eigenvalue weighted by Crippen LogP contribution is -2.46. The third-order valence-corrected chi connectivity index (χ3v) is 6.87. The number of carbonyl (C=O) groups excluding carboxylic acids is 2. The number of allylic oxidation sites excluding steroid dienone is 6. The Balaban J connectivity index is 2.06. The van der Waals surface area contributed by atoms with Crippen molar-refractivity contribution in [1.29, 1.82) is 0 Å². The fourth-order valence-corrected chi connectivity index (χ4v) is 4.47. The summed E-state index contributed by atoms with van der Waals surface area (Å²) in [5.74, 6) is -1.64. The Labute approximate surface area is 197 Å². The normalized spacial score (nSPS) is 36.5. The van der Waals surface area contributed by atoms with Gasteiger partial charge in [0.1, 0.15) is 17.8 Å². The van der Waals surface area contributed by atoms with Crippen LogP contribution in [0.4, 0.5) is 0 Å². The van der Waals surface area contributed by atoms with Crippen molar-refractivity contribution in [2.24, 2.45) is 17.3 Å². The Hall–Kier alpha value is -2.44. The first-order valence-electron chi connectivity index (χ1n) is 11.4. The van der Waals surface area contributed by atoms with Crippen molar-refractivity contribution in [2.45, 2.75) is 72.4 Å². The topological polar surface area (TPSA) is 82.1 Å². The Morgan fingerprint density at radius 2 is 1.79 bits per heavy atom. The molecule has 0 aromatic heterocycles. The molecule has 0 saturated carbocycles. The van der Waals surface area contributed by atoms with E-state index in [0.717, 1.165) is 11.1 Å². The lowest BCUT2D eigenvalue weighted by Gasteiger charge is -2.38. The minimum atomic E-state index is -1.05. The zero-order valence-corrected chi connectivity index (χ0v) is 21.0. The van der Waals surface area contributed by atoms with E-state index in [2.05, 4.69) is 0 Å². The first-order chi connectivity index (χ1) is 15.3. The number of cyclic esters (lactones) is 1. The van der Waals surface area contributed by atoms with Gasteiger partial charge in [-0.25, -0.2) is 0 Å². The van der Waals surface area contributed by atoms with Crippen LogP contribution in [0.15, 0.2) is 59.8 Å². The molecular weight excluding hydrogens is 420 g/mol. The van der Waals surface area contributed by atoms with E-state index in [0.29, 0.717) is 0 Å². The van der Waals surface area contributed by atoms with Crippen LogP contribution in [0, 0.1) is 17.3 Å². The zero-order chi connectivity index (χ0) is 25.0. The molecule has 0 aliphatic carbocycles. The largest absolute Gasteiger partial charge is 0.469 e. The molecule has 2 aliphatic rings. The van der Waals surface area contributed by atoms with Crippen molar-refractivity contribution in [2.75, 3.05) is 7.11 Å². The zero-order valence-electron chi connectivity index (χ0n) is 21.0. The highest BCUT2D eigenvalue weighted by Crippen LogP contribution is 2.45. The molecule has 0 bridgehead atoms. The van der Waals surface area contributed by atoms with Crippen molar-refractivity contribution in [3.8, 4) is 0 Å². The van der Waals surface area contributed by atoms with Crippen LogP contribution < -0.4 is 0 Å². The molecule has 2 aliphatic heterocycles. The summed E-state index contributed by atoms with van der Waals surface area (Å²) in [6, 6.07) is 0. The molecule has 182 valence electrons. The van der Waals surface area contributed by atoms with Gasteiger partial charge in [0.15, 0.2) is 0 Å². The summed E-state index contributed by atoms with van der Waals surface area (Å²) in [5, 5.41) is 10.7. The van der Waals surface area contributed by atoms with Gasteiger partial charge in [-0.3, -0.25) is 9.59 Å². The average molecular weight is 459 g/mol. The van der Waals surface area contributed by atoms with E-state index in [1.165, 1.54) is 7.11 Å². The predicted octanol–water partition coefficient (Wildman–Crippen LogP) is 4.46. The first kappa shape index (κ1) is 26.8. The minimum absolute atomic E-state index is 0.0338. The summed E-state index contributed by atoms with van der Waals surface area (Å²) in [6.45, 7) is 13.1. The van der Waals surface area contributed by atoms with E-state index in [-0.39, 0.29) is 18.0 Å². The van der Waals surface area contributed by atoms with Crippen molar-refractivity contribution < 1.29 is 28.9 Å². The van der Waals surface area contributed by atoms with E-state index in [4.69, 9.17) is 14.2 Å². The summed E-state index contributed by atoms with van der Waals surface area (Å²) in [5.41, 5.74) is 0.281. The predicted molar refractivity (Wildman–Crippen MR) is 128 cm³/mol. The lowest BCUT2D eigenvalue weighted by atomic mass is 9.72. The van der Waals surface area contributed by atoms with Crippen LogP contribution >= 0.6 is 0 Å². The van der Waals surface area contributed by atoms with Gasteiger partial charge in [-0.1, -0.05) is 56.4 Å². The van der Waals surface area contributed by atoms with E-state index in [1.54, 1.807) is 13.8 Å². The van der Waals surface area contributed by atoms with E-state index < -0.39 is 35.1 Å². The number of aliphatic hydroxyl groups is 1. The molecule has 1 saturated heterocycles. The fraction of sp³-hybridized carbons (Fsp3) is 0.556. The maximum Gasteiger partial charge on any atom is 0.312 e. The average Bonchev–Trinajstić information content (AvgIpc) is 2.98. The molecule has 0 aromatic carbocycles. The molecule has 2 rings (SSSR count). The molecule has 6 heteroatoms. The molecule has 1 N–H and O–H groups in total. The van der Waals surface area contributed by atoms with Crippen LogP contribution in [0.3, 0.4) is 0 Å². The van der Waals surface area contributed by atoms with Gasteiger partial charge in [0.05, 0.1) is 25.0 Å². The molecule has 0 spiro atoms. The van der Waals surface area contributed by atoms with E-state index >= 15 is 0 Å². The number of esters is 2. The summed E-state index contributed by atoms with van der Waals surface area (Å²) in [6.07, 6.45) is 14.1. The number of rotatable bonds is 7. The van der Waals surface area contributed by atoms with Gasteiger partial charge >= 0.3 is 11.9 Å². The maximum atomic E-state index is 12.2. The second-order valence-electron chi connectivity index (χ2n) is 9.57. The smallest absolute Gasteiger partial charge is 0.312 e. The lowest BCUT2D eigenvalue weighted by molar-refractivity contribution is -0.155. The molecule has 7 atom stereocenters. The molecule has 1 fully saturated rings. The van der Waals surface area contributed by atoms with Crippen molar-refractivity contribution in [1.82, 2.24) is 0 Å². The summed E-state index contributed by atoms with van der Waals surface area (Å²) in [7, 11) is 1.33. The summed E-state index contributed by atoms with van der Waals surface area (Å²) in [4.78, 5) is 24.2. The van der Waals surface area contributed by atoms with Crippen LogP contribution in [-0.2, 0) is 23.8 Å². The van der Waals surface area contributed by atoms with Crippen LogP contribution in [-0.4, -0.2) is 48.1 Å². The molecule has 1 unspecified atom stereocenters. The van der Waals surface area contributed by atoms with Gasteiger partial charge in [-0.05, 0) is 51.8 Å². The summed E-state index contributed by atoms with van der Waals surface area (Å²) < 4.78 is 16.3. The number of methoxy groups -OCH3 is 1. The second kappa shape index (κ2) is 10.7. The van der Waals surface area contributed by atoms with Crippen LogP contribution in [0.5, 0.6) is 0 Å². The van der Waals surface area contributed by atoms with Gasteiger partial charge in [0.2, 0.25) is 0 Å². The van der Waals surface area contributed by atoms with Gasteiger partial charge in [0.25, 0.3) is 0 Å². The van der Waals surface area contributed by atoms with Crippen molar-refractivity contribution in [3.63, 3.8) is 0 Å². The highest BCUT2D eigenvalue weighted by atomic mass is 16.6. The third-order valence-electron chi connectivity index (χ3n) is 6.87. The molecule has 33 heavy (non-hydrogen) atoms. The Morgan fingerprint density at radius 3 is 2.42 bits per heavy atom. The Morgan fingerprint density at radius 1 is 1.18 bits per heavy atom. The SMILES string of the molecule is COC(=O)[C@H](C)C1OC(=O)[C@H](C)[C@@]1(C)/C=C/C=C/C=C/C=C(\C)[C@@H]1O[C@@H](C)C(C)=C[C@@]1(C)O. The standard InChI is InChI=1S/C27H38O6/c1-17(22-27(7,30)16-18(2)21(5)32-22)14-12-10-9-11-13-15-26(6)20(4)25(29)33-23(26)19(3)24(28)31-8/h9-16,19-23,30H,1-8H3/b11-9+,12-10+,15-13+,17-14+/t19-,20+,21+,22+,23?,26-,27-/m1/s1. The molecule has 0 radical (unpaired) electrons. The monoisotopic (exact) mass is 458 g/mol. The van der Waals surface area contributed by atoms with Gasteiger partial charge in [-0.15, -0.1) is 0 Å². The van der Waals surface area contributed by atoms with Crippen molar-refractivity contribution in [3.05, 3.63) is 59.8 Å². The molecular formula is C27H38O6. The van der Waals surface area contributed by atoms with Gasteiger partial charge < -0.3 is 19.3 Å². The van der Waals surface area contributed by atoms with Crippen LogP contribution in [0.1, 0.15) is 48.5 Å². The van der Waals surface area contributed by atoms with Crippen LogP contribution in [0.25, 0.3) is 0 Å². The minimum Gasteiger partial charge on any atom is -0.469 e. The first-order valence-corrected chi connectivity index (χ1v) is 11.4. The Kier molecular flexibility index (Phi) is 8.66. The Bertz CT molecular complexity index is 890. The number of hydrogen-bond acceptors (Lipinski definition) is 6. The number of carbonyl (C=O) groups is 2. The molecule has 0 amide bonds. The highest BCUT2D eigenvalue weighted by Gasteiger charge is 2.53. The second-order valence-corrected chi connectivity index (χ2v) is 9.57. The summed E-state index contributed by atoms with van der Waals surface area (Å²) >= 11 is 0. The fourth-order valence-electron chi connectivity index (χ4n) is 4.47. The van der Waals surface area contributed by atoms with Crippen molar-refractivity contribution >= 4 is 11.9 Å². The maximum absolute atomic E-state index is 12.2. The van der Waals surface area contributed by atoms with E-state index in [1.807, 2.05) is 83.2 Å². The quantitative estimate of drug-likeness (QED) is 0.345.